The summed E-state index contributed by atoms with van der Waals surface area (Å²) in [5.41, 5.74) is 0.977. The maximum absolute atomic E-state index is 12.6. The lowest BCUT2D eigenvalue weighted by molar-refractivity contribution is -0.224. The first-order valence-corrected chi connectivity index (χ1v) is 7.77. The molecule has 22 heavy (non-hydrogen) atoms. The Balaban J connectivity index is 1.84. The summed E-state index contributed by atoms with van der Waals surface area (Å²) in [6.07, 6.45) is 1.40. The Hall–Kier alpha value is -1.26. The molecule has 0 bridgehead atoms. The number of rotatable bonds is 6. The Kier molecular flexibility index (Phi) is 6.09. The standard InChI is InChI=1S/C18H24F2O2/c1-18(2)12-21-17(22-13-18)10-6-9-15(11-16(19)20)14-7-4-3-5-8-14/h3-5,7-8,11,15,17H,6,9-10,12-13H2,1-2H3. The zero-order chi connectivity index (χ0) is 16.0. The minimum absolute atomic E-state index is 0.0587. The fourth-order valence-corrected chi connectivity index (χ4v) is 2.60. The highest BCUT2D eigenvalue weighted by Gasteiger charge is 2.28. The average molecular weight is 310 g/mol. The lowest BCUT2D eigenvalue weighted by Crippen LogP contribution is -2.37. The van der Waals surface area contributed by atoms with Crippen LogP contribution in [0.15, 0.2) is 42.5 Å². The van der Waals surface area contributed by atoms with Gasteiger partial charge in [-0.3, -0.25) is 0 Å². The van der Waals surface area contributed by atoms with E-state index in [-0.39, 0.29) is 17.6 Å². The van der Waals surface area contributed by atoms with Gasteiger partial charge in [0.05, 0.1) is 13.2 Å². The van der Waals surface area contributed by atoms with Gasteiger partial charge in [-0.15, -0.1) is 0 Å². The van der Waals surface area contributed by atoms with Crippen LogP contribution < -0.4 is 0 Å². The van der Waals surface area contributed by atoms with Crippen LogP contribution in [0, 0.1) is 5.41 Å². The number of benzene rings is 1. The van der Waals surface area contributed by atoms with E-state index >= 15 is 0 Å². The summed E-state index contributed by atoms with van der Waals surface area (Å²) in [7, 11) is 0. The van der Waals surface area contributed by atoms with Crippen LogP contribution >= 0.6 is 0 Å². The third-order valence-corrected chi connectivity index (χ3v) is 3.83. The number of hydrogen-bond acceptors (Lipinski definition) is 2. The summed E-state index contributed by atoms with van der Waals surface area (Å²) in [5, 5.41) is 0. The van der Waals surface area contributed by atoms with Gasteiger partial charge in [0.1, 0.15) is 0 Å². The van der Waals surface area contributed by atoms with Crippen molar-refractivity contribution in [2.45, 2.75) is 45.3 Å². The van der Waals surface area contributed by atoms with Crippen LogP contribution in [-0.4, -0.2) is 19.5 Å². The second-order valence-corrected chi connectivity index (χ2v) is 6.62. The van der Waals surface area contributed by atoms with Crippen molar-refractivity contribution >= 4 is 0 Å². The number of hydrogen-bond donors (Lipinski definition) is 0. The second kappa shape index (κ2) is 7.84. The van der Waals surface area contributed by atoms with Crippen molar-refractivity contribution in [2.24, 2.45) is 5.41 Å². The van der Waals surface area contributed by atoms with Crippen LogP contribution in [0.1, 0.15) is 44.6 Å². The molecule has 1 heterocycles. The first-order valence-electron chi connectivity index (χ1n) is 7.77. The zero-order valence-corrected chi connectivity index (χ0v) is 13.2. The normalized spacial score (nSPS) is 19.6. The molecule has 0 aliphatic carbocycles. The Morgan fingerprint density at radius 2 is 1.86 bits per heavy atom. The predicted octanol–water partition coefficient (Wildman–Crippen LogP) is 5.12. The van der Waals surface area contributed by atoms with E-state index in [9.17, 15) is 8.78 Å². The minimum atomic E-state index is -1.62. The quantitative estimate of drug-likeness (QED) is 0.726. The molecule has 4 heteroatoms. The molecular weight excluding hydrogens is 286 g/mol. The van der Waals surface area contributed by atoms with Crippen molar-refractivity contribution in [2.75, 3.05) is 13.2 Å². The van der Waals surface area contributed by atoms with Crippen LogP contribution in [0.2, 0.25) is 0 Å². The molecule has 0 saturated carbocycles. The van der Waals surface area contributed by atoms with Gasteiger partial charge in [-0.1, -0.05) is 44.2 Å². The molecule has 2 rings (SSSR count). The van der Waals surface area contributed by atoms with Crippen LogP contribution in [0.5, 0.6) is 0 Å². The fourth-order valence-electron chi connectivity index (χ4n) is 2.60. The first kappa shape index (κ1) is 17.1. The molecule has 1 saturated heterocycles. The summed E-state index contributed by atoms with van der Waals surface area (Å²) >= 11 is 0. The molecule has 0 radical (unpaired) electrons. The summed E-state index contributed by atoms with van der Waals surface area (Å²) in [5.74, 6) is -0.258. The van der Waals surface area contributed by atoms with E-state index in [1.807, 2.05) is 30.3 Å². The molecule has 1 aliphatic heterocycles. The van der Waals surface area contributed by atoms with Crippen molar-refractivity contribution in [1.29, 1.82) is 0 Å². The lowest BCUT2D eigenvalue weighted by Gasteiger charge is -2.34. The highest BCUT2D eigenvalue weighted by atomic mass is 19.3. The van der Waals surface area contributed by atoms with E-state index in [4.69, 9.17) is 9.47 Å². The molecule has 2 nitrogen and oxygen atoms in total. The van der Waals surface area contributed by atoms with E-state index in [1.54, 1.807) is 0 Å². The molecule has 0 aromatic heterocycles. The van der Waals surface area contributed by atoms with E-state index in [0.29, 0.717) is 19.6 Å². The summed E-state index contributed by atoms with van der Waals surface area (Å²) in [6.45, 7) is 5.56. The van der Waals surface area contributed by atoms with Gasteiger partial charge in [0.25, 0.3) is 6.08 Å². The summed E-state index contributed by atoms with van der Waals surface area (Å²) in [4.78, 5) is 0. The molecule has 1 aromatic rings. The Bertz CT molecular complexity index is 471. The first-order chi connectivity index (χ1) is 10.5. The summed E-state index contributed by atoms with van der Waals surface area (Å²) < 4.78 is 36.7. The maximum atomic E-state index is 12.6. The van der Waals surface area contributed by atoms with Crippen LogP contribution in [0.25, 0.3) is 0 Å². The smallest absolute Gasteiger partial charge is 0.266 e. The predicted molar refractivity (Wildman–Crippen MR) is 82.8 cm³/mol. The van der Waals surface area contributed by atoms with Gasteiger partial charge in [0.2, 0.25) is 0 Å². The topological polar surface area (TPSA) is 18.5 Å². The number of ether oxygens (including phenoxy) is 2. The van der Waals surface area contributed by atoms with E-state index in [1.165, 1.54) is 0 Å². The van der Waals surface area contributed by atoms with E-state index < -0.39 is 6.08 Å². The van der Waals surface area contributed by atoms with Gasteiger partial charge < -0.3 is 9.47 Å². The van der Waals surface area contributed by atoms with Crippen LogP contribution in [-0.2, 0) is 9.47 Å². The van der Waals surface area contributed by atoms with Crippen molar-refractivity contribution in [1.82, 2.24) is 0 Å². The fraction of sp³-hybridized carbons (Fsp3) is 0.556. The molecule has 0 N–H and O–H groups in total. The molecule has 1 aromatic carbocycles. The van der Waals surface area contributed by atoms with Crippen LogP contribution in [0.3, 0.4) is 0 Å². The third kappa shape index (κ3) is 5.50. The molecule has 1 atom stereocenters. The average Bonchev–Trinajstić information content (AvgIpc) is 2.48. The molecule has 122 valence electrons. The Morgan fingerprint density at radius 1 is 1.23 bits per heavy atom. The highest BCUT2D eigenvalue weighted by molar-refractivity contribution is 5.23. The van der Waals surface area contributed by atoms with Gasteiger partial charge in [0, 0.05) is 11.3 Å². The number of allylic oxidation sites excluding steroid dienone is 1. The Labute approximate surface area is 131 Å². The van der Waals surface area contributed by atoms with Gasteiger partial charge in [-0.05, 0) is 30.9 Å². The monoisotopic (exact) mass is 310 g/mol. The second-order valence-electron chi connectivity index (χ2n) is 6.62. The molecule has 0 spiro atoms. The maximum Gasteiger partial charge on any atom is 0.266 e. The largest absolute Gasteiger partial charge is 0.352 e. The molecule has 1 aliphatic rings. The van der Waals surface area contributed by atoms with Crippen molar-refractivity contribution in [3.8, 4) is 0 Å². The Morgan fingerprint density at radius 3 is 2.45 bits per heavy atom. The molecule has 0 amide bonds. The number of halogens is 2. The van der Waals surface area contributed by atoms with Crippen LogP contribution in [0.4, 0.5) is 8.78 Å². The van der Waals surface area contributed by atoms with Gasteiger partial charge in [-0.2, -0.15) is 8.78 Å². The molecule has 1 unspecified atom stereocenters. The SMILES string of the molecule is CC1(C)COC(CCCC(C=C(F)F)c2ccccc2)OC1. The lowest BCUT2D eigenvalue weighted by atomic mass is 9.93. The van der Waals surface area contributed by atoms with Gasteiger partial charge in [0.15, 0.2) is 6.29 Å². The van der Waals surface area contributed by atoms with E-state index in [0.717, 1.165) is 24.5 Å². The zero-order valence-electron chi connectivity index (χ0n) is 13.2. The highest BCUT2D eigenvalue weighted by Crippen LogP contribution is 2.28. The van der Waals surface area contributed by atoms with Crippen molar-refractivity contribution < 1.29 is 18.3 Å². The van der Waals surface area contributed by atoms with Gasteiger partial charge >= 0.3 is 0 Å². The van der Waals surface area contributed by atoms with Crippen molar-refractivity contribution in [3.63, 3.8) is 0 Å². The summed E-state index contributed by atoms with van der Waals surface area (Å²) in [6, 6.07) is 9.42. The van der Waals surface area contributed by atoms with Crippen molar-refractivity contribution in [3.05, 3.63) is 48.1 Å². The third-order valence-electron chi connectivity index (χ3n) is 3.83. The molecule has 1 fully saturated rings. The van der Waals surface area contributed by atoms with Gasteiger partial charge in [-0.25, -0.2) is 0 Å². The van der Waals surface area contributed by atoms with E-state index in [2.05, 4.69) is 13.8 Å². The molecular formula is C18H24F2O2. The minimum Gasteiger partial charge on any atom is -0.352 e.